The smallest absolute Gasteiger partial charge is 0.226 e. The number of aromatic nitrogens is 1. The minimum absolute atomic E-state index is 0.0279. The van der Waals surface area contributed by atoms with Crippen LogP contribution in [0.15, 0.2) is 34.9 Å². The maximum absolute atomic E-state index is 12.2. The fourth-order valence-electron chi connectivity index (χ4n) is 3.12. The molecule has 1 aliphatic heterocycles. The Labute approximate surface area is 153 Å². The Morgan fingerprint density at radius 2 is 2.00 bits per heavy atom. The molecule has 1 aromatic heterocycles. The summed E-state index contributed by atoms with van der Waals surface area (Å²) >= 11 is 5.89. The number of piperidine rings is 1. The van der Waals surface area contributed by atoms with Crippen molar-refractivity contribution in [2.45, 2.75) is 38.6 Å². The van der Waals surface area contributed by atoms with Crippen molar-refractivity contribution in [2.24, 2.45) is 0 Å². The SMILES string of the molecule is CC(CNC(=O)Cc1cc(-c2ccc(Cl)cc2)on1)N1CCCCC1. The summed E-state index contributed by atoms with van der Waals surface area (Å²) in [5.41, 5.74) is 1.52. The van der Waals surface area contributed by atoms with E-state index in [1.807, 2.05) is 12.1 Å². The Bertz CT molecular complexity index is 693. The number of benzene rings is 1. The van der Waals surface area contributed by atoms with Crippen LogP contribution >= 0.6 is 11.6 Å². The first-order valence-electron chi connectivity index (χ1n) is 8.84. The van der Waals surface area contributed by atoms with Crippen molar-refractivity contribution in [3.63, 3.8) is 0 Å². The van der Waals surface area contributed by atoms with Crippen LogP contribution in [0.25, 0.3) is 11.3 Å². The lowest BCUT2D eigenvalue weighted by Gasteiger charge is -2.32. The lowest BCUT2D eigenvalue weighted by molar-refractivity contribution is -0.120. The van der Waals surface area contributed by atoms with E-state index >= 15 is 0 Å². The molecule has 0 spiro atoms. The van der Waals surface area contributed by atoms with Crippen LogP contribution in [0.4, 0.5) is 0 Å². The summed E-state index contributed by atoms with van der Waals surface area (Å²) in [6, 6.07) is 9.50. The Morgan fingerprint density at radius 3 is 2.72 bits per heavy atom. The van der Waals surface area contributed by atoms with Gasteiger partial charge in [-0.15, -0.1) is 0 Å². The molecule has 0 aliphatic carbocycles. The molecule has 1 aromatic carbocycles. The van der Waals surface area contributed by atoms with E-state index in [0.29, 0.717) is 29.1 Å². The number of carbonyl (C=O) groups is 1. The molecule has 5 nitrogen and oxygen atoms in total. The van der Waals surface area contributed by atoms with E-state index in [2.05, 4.69) is 22.3 Å². The van der Waals surface area contributed by atoms with E-state index in [9.17, 15) is 4.79 Å². The molecule has 0 bridgehead atoms. The van der Waals surface area contributed by atoms with Crippen molar-refractivity contribution < 1.29 is 9.32 Å². The second-order valence-corrected chi connectivity index (χ2v) is 7.05. The zero-order valence-electron chi connectivity index (χ0n) is 14.5. The van der Waals surface area contributed by atoms with Gasteiger partial charge in [-0.2, -0.15) is 0 Å². The monoisotopic (exact) mass is 361 g/mol. The predicted molar refractivity (Wildman–Crippen MR) is 98.5 cm³/mol. The van der Waals surface area contributed by atoms with Gasteiger partial charge in [0.2, 0.25) is 5.91 Å². The predicted octanol–water partition coefficient (Wildman–Crippen LogP) is 3.53. The molecular weight excluding hydrogens is 338 g/mol. The van der Waals surface area contributed by atoms with Crippen molar-refractivity contribution in [2.75, 3.05) is 19.6 Å². The summed E-state index contributed by atoms with van der Waals surface area (Å²) in [6.07, 6.45) is 4.05. The molecule has 2 heterocycles. The average Bonchev–Trinajstić information content (AvgIpc) is 3.09. The van der Waals surface area contributed by atoms with Crippen LogP contribution in [-0.4, -0.2) is 41.6 Å². The number of rotatable bonds is 6. The third-order valence-corrected chi connectivity index (χ3v) is 4.89. The standard InChI is InChI=1S/C19H24ClN3O2/c1-14(23-9-3-2-4-10-23)13-21-19(24)12-17-11-18(25-22-17)15-5-7-16(20)8-6-15/h5-8,11,14H,2-4,9-10,12-13H2,1H3,(H,21,24). The van der Waals surface area contributed by atoms with E-state index in [4.69, 9.17) is 16.1 Å². The highest BCUT2D eigenvalue weighted by Gasteiger charge is 2.17. The van der Waals surface area contributed by atoms with Crippen molar-refractivity contribution in [3.05, 3.63) is 41.0 Å². The Kier molecular flexibility index (Phi) is 6.10. The molecule has 1 aliphatic rings. The number of nitrogens with zero attached hydrogens (tertiary/aromatic N) is 2. The van der Waals surface area contributed by atoms with E-state index in [-0.39, 0.29) is 12.3 Å². The lowest BCUT2D eigenvalue weighted by Crippen LogP contribution is -2.44. The second kappa shape index (κ2) is 8.50. The molecule has 0 saturated carbocycles. The highest BCUT2D eigenvalue weighted by molar-refractivity contribution is 6.30. The normalized spacial score (nSPS) is 16.6. The topological polar surface area (TPSA) is 58.4 Å². The maximum Gasteiger partial charge on any atom is 0.226 e. The van der Waals surface area contributed by atoms with Crippen molar-refractivity contribution in [1.29, 1.82) is 0 Å². The van der Waals surface area contributed by atoms with Crippen LogP contribution in [0.3, 0.4) is 0 Å². The van der Waals surface area contributed by atoms with Gasteiger partial charge in [0.25, 0.3) is 0 Å². The lowest BCUT2D eigenvalue weighted by atomic mass is 10.1. The first kappa shape index (κ1) is 18.0. The fraction of sp³-hybridized carbons (Fsp3) is 0.474. The van der Waals surface area contributed by atoms with Crippen LogP contribution in [0.5, 0.6) is 0 Å². The molecule has 25 heavy (non-hydrogen) atoms. The minimum atomic E-state index is -0.0279. The third kappa shape index (κ3) is 5.06. The summed E-state index contributed by atoms with van der Waals surface area (Å²) in [5.74, 6) is 0.612. The summed E-state index contributed by atoms with van der Waals surface area (Å²) in [5, 5.41) is 7.67. The van der Waals surface area contributed by atoms with Gasteiger partial charge >= 0.3 is 0 Å². The molecule has 1 unspecified atom stereocenters. The molecule has 3 rings (SSSR count). The quantitative estimate of drug-likeness (QED) is 0.855. The van der Waals surface area contributed by atoms with Gasteiger partial charge in [-0.1, -0.05) is 23.2 Å². The van der Waals surface area contributed by atoms with Gasteiger partial charge in [0.15, 0.2) is 5.76 Å². The van der Waals surface area contributed by atoms with Crippen molar-refractivity contribution in [1.82, 2.24) is 15.4 Å². The highest BCUT2D eigenvalue weighted by Crippen LogP contribution is 2.22. The highest BCUT2D eigenvalue weighted by atomic mass is 35.5. The van der Waals surface area contributed by atoms with Gasteiger partial charge in [0.05, 0.1) is 12.1 Å². The summed E-state index contributed by atoms with van der Waals surface area (Å²) in [6.45, 7) is 5.09. The molecule has 134 valence electrons. The number of nitrogens with one attached hydrogen (secondary N) is 1. The number of hydrogen-bond donors (Lipinski definition) is 1. The van der Waals surface area contributed by atoms with Crippen LogP contribution < -0.4 is 5.32 Å². The van der Waals surface area contributed by atoms with Crippen LogP contribution in [0, 0.1) is 0 Å². The number of amides is 1. The third-order valence-electron chi connectivity index (χ3n) is 4.64. The average molecular weight is 362 g/mol. The van der Waals surface area contributed by atoms with Gasteiger partial charge < -0.3 is 9.84 Å². The second-order valence-electron chi connectivity index (χ2n) is 6.62. The number of halogens is 1. The molecule has 0 radical (unpaired) electrons. The first-order valence-corrected chi connectivity index (χ1v) is 9.22. The van der Waals surface area contributed by atoms with Gasteiger partial charge in [0, 0.05) is 29.2 Å². The van der Waals surface area contributed by atoms with Crippen LogP contribution in [0.1, 0.15) is 31.9 Å². The largest absolute Gasteiger partial charge is 0.356 e. The molecule has 1 fully saturated rings. The number of likely N-dealkylation sites (tertiary alicyclic amines) is 1. The fourth-order valence-corrected chi connectivity index (χ4v) is 3.25. The molecule has 1 atom stereocenters. The summed E-state index contributed by atoms with van der Waals surface area (Å²) in [7, 11) is 0. The number of carbonyl (C=O) groups excluding carboxylic acids is 1. The van der Waals surface area contributed by atoms with Gasteiger partial charge in [-0.05, 0) is 57.1 Å². The molecule has 2 aromatic rings. The molecular formula is C19H24ClN3O2. The first-order chi connectivity index (χ1) is 12.1. The van der Waals surface area contributed by atoms with E-state index in [1.165, 1.54) is 19.3 Å². The molecule has 1 saturated heterocycles. The summed E-state index contributed by atoms with van der Waals surface area (Å²) in [4.78, 5) is 14.6. The van der Waals surface area contributed by atoms with Crippen LogP contribution in [-0.2, 0) is 11.2 Å². The zero-order chi connectivity index (χ0) is 17.6. The summed E-state index contributed by atoms with van der Waals surface area (Å²) < 4.78 is 5.33. The van der Waals surface area contributed by atoms with Crippen molar-refractivity contribution >= 4 is 17.5 Å². The molecule has 1 amide bonds. The van der Waals surface area contributed by atoms with Crippen molar-refractivity contribution in [3.8, 4) is 11.3 Å². The van der Waals surface area contributed by atoms with Crippen LogP contribution in [0.2, 0.25) is 5.02 Å². The Balaban J connectivity index is 1.49. The van der Waals surface area contributed by atoms with E-state index < -0.39 is 0 Å². The van der Waals surface area contributed by atoms with Gasteiger partial charge in [0.1, 0.15) is 0 Å². The molecule has 6 heteroatoms. The molecule has 1 N–H and O–H groups in total. The van der Waals surface area contributed by atoms with E-state index in [0.717, 1.165) is 18.7 Å². The van der Waals surface area contributed by atoms with E-state index in [1.54, 1.807) is 18.2 Å². The maximum atomic E-state index is 12.2. The minimum Gasteiger partial charge on any atom is -0.356 e. The number of hydrogen-bond acceptors (Lipinski definition) is 4. The Morgan fingerprint density at radius 1 is 1.28 bits per heavy atom. The zero-order valence-corrected chi connectivity index (χ0v) is 15.3. The van der Waals surface area contributed by atoms with Gasteiger partial charge in [-0.25, -0.2) is 0 Å². The Hall–Kier alpha value is -1.85. The van der Waals surface area contributed by atoms with Gasteiger partial charge in [-0.3, -0.25) is 9.69 Å².